The third-order valence-corrected chi connectivity index (χ3v) is 7.49. The van der Waals surface area contributed by atoms with Gasteiger partial charge in [-0.3, -0.25) is 4.79 Å². The molecular formula is C28H25ClFN5OS. The molecule has 0 spiro atoms. The van der Waals surface area contributed by atoms with Crippen molar-refractivity contribution in [1.82, 2.24) is 14.8 Å². The monoisotopic (exact) mass is 533 g/mol. The molecule has 0 bridgehead atoms. The van der Waals surface area contributed by atoms with Crippen LogP contribution in [0.3, 0.4) is 0 Å². The number of anilines is 2. The number of fused-ring (bicyclic) bond motifs is 1. The van der Waals surface area contributed by atoms with E-state index >= 15 is 0 Å². The van der Waals surface area contributed by atoms with Crippen LogP contribution in [-0.2, 0) is 10.5 Å². The number of nitrogens with one attached hydrogen (secondary N) is 2. The van der Waals surface area contributed by atoms with Crippen molar-refractivity contribution in [2.24, 2.45) is 0 Å². The third-order valence-electron chi connectivity index (χ3n) is 6.27. The van der Waals surface area contributed by atoms with Gasteiger partial charge >= 0.3 is 0 Å². The Morgan fingerprint density at radius 3 is 2.57 bits per heavy atom. The summed E-state index contributed by atoms with van der Waals surface area (Å²) >= 11 is 7.48. The standard InChI is InChI=1S/C28H25ClFN5OS/c1-16-11-13-19(14-12-16)25-24(26(36)32-23-10-5-4-7-17(23)2)18(3)31-27-33-28(34-35(25)27)37-15-20-21(29)8-6-9-22(20)30/h4-14,25H,15H2,1-3H3,(H,32,36)(H,31,33,34)/t25-/m1/s1. The maximum atomic E-state index is 14.3. The number of para-hydroxylation sites is 1. The number of benzene rings is 3. The lowest BCUT2D eigenvalue weighted by atomic mass is 9.94. The SMILES string of the molecule is CC1=C(C(=O)Nc2ccccc2C)[C@@H](c2ccc(C)cc2)n2nc(SCc3c(F)cccc3Cl)nc2N1. The summed E-state index contributed by atoms with van der Waals surface area (Å²) in [4.78, 5) is 18.3. The lowest BCUT2D eigenvalue weighted by molar-refractivity contribution is -0.113. The first-order chi connectivity index (χ1) is 17.8. The number of hydrogen-bond acceptors (Lipinski definition) is 5. The van der Waals surface area contributed by atoms with E-state index in [0.717, 1.165) is 22.4 Å². The molecule has 5 rings (SSSR count). The second-order valence-electron chi connectivity index (χ2n) is 8.90. The van der Waals surface area contributed by atoms with Gasteiger partial charge in [0, 0.05) is 27.7 Å². The highest BCUT2D eigenvalue weighted by Gasteiger charge is 2.34. The van der Waals surface area contributed by atoms with Crippen molar-refractivity contribution >= 4 is 40.9 Å². The first-order valence-electron chi connectivity index (χ1n) is 11.8. The van der Waals surface area contributed by atoms with E-state index in [4.69, 9.17) is 16.7 Å². The summed E-state index contributed by atoms with van der Waals surface area (Å²) < 4.78 is 16.0. The van der Waals surface area contributed by atoms with Gasteiger partial charge in [0.15, 0.2) is 0 Å². The summed E-state index contributed by atoms with van der Waals surface area (Å²) in [5, 5.41) is 11.8. The molecule has 0 radical (unpaired) electrons. The van der Waals surface area contributed by atoms with E-state index in [1.807, 2.05) is 69.3 Å². The van der Waals surface area contributed by atoms with Crippen molar-refractivity contribution in [3.05, 3.63) is 111 Å². The maximum absolute atomic E-state index is 14.3. The van der Waals surface area contributed by atoms with Crippen molar-refractivity contribution in [1.29, 1.82) is 0 Å². The van der Waals surface area contributed by atoms with Crippen LogP contribution in [0, 0.1) is 19.7 Å². The van der Waals surface area contributed by atoms with Gasteiger partial charge in [0.25, 0.3) is 5.91 Å². The van der Waals surface area contributed by atoms with E-state index < -0.39 is 6.04 Å². The fraction of sp³-hybridized carbons (Fsp3) is 0.179. The number of aryl methyl sites for hydroxylation is 2. The number of amides is 1. The van der Waals surface area contributed by atoms with Gasteiger partial charge in [0.05, 0.1) is 5.57 Å². The highest BCUT2D eigenvalue weighted by molar-refractivity contribution is 7.98. The minimum absolute atomic E-state index is 0.224. The fourth-order valence-electron chi connectivity index (χ4n) is 4.25. The first kappa shape index (κ1) is 25.0. The van der Waals surface area contributed by atoms with Gasteiger partial charge in [-0.25, -0.2) is 9.07 Å². The molecule has 1 amide bonds. The Morgan fingerprint density at radius 2 is 1.84 bits per heavy atom. The third kappa shape index (κ3) is 5.12. The molecule has 37 heavy (non-hydrogen) atoms. The summed E-state index contributed by atoms with van der Waals surface area (Å²) in [6, 6.07) is 19.8. The van der Waals surface area contributed by atoms with E-state index in [-0.39, 0.29) is 17.5 Å². The molecule has 4 aromatic rings. The summed E-state index contributed by atoms with van der Waals surface area (Å²) in [5.41, 5.74) is 5.36. The number of carbonyl (C=O) groups excluding carboxylic acids is 1. The smallest absolute Gasteiger partial charge is 0.255 e. The number of aromatic nitrogens is 3. The molecule has 0 saturated heterocycles. The molecule has 0 aliphatic carbocycles. The fourth-order valence-corrected chi connectivity index (χ4v) is 5.43. The van der Waals surface area contributed by atoms with Crippen molar-refractivity contribution in [3.8, 4) is 0 Å². The van der Waals surface area contributed by atoms with E-state index in [0.29, 0.717) is 33.0 Å². The molecule has 3 aromatic carbocycles. The molecule has 2 N–H and O–H groups in total. The number of halogens is 2. The van der Waals surface area contributed by atoms with Crippen LogP contribution in [0.1, 0.15) is 35.2 Å². The van der Waals surface area contributed by atoms with Crippen molar-refractivity contribution in [3.63, 3.8) is 0 Å². The van der Waals surface area contributed by atoms with Crippen LogP contribution < -0.4 is 10.6 Å². The molecule has 0 fully saturated rings. The van der Waals surface area contributed by atoms with Crippen LogP contribution in [0.15, 0.2) is 83.2 Å². The molecular weight excluding hydrogens is 509 g/mol. The summed E-state index contributed by atoms with van der Waals surface area (Å²) in [6.07, 6.45) is 0. The Morgan fingerprint density at radius 1 is 1.08 bits per heavy atom. The zero-order valence-corrected chi connectivity index (χ0v) is 22.1. The van der Waals surface area contributed by atoms with Crippen LogP contribution in [0.4, 0.5) is 16.0 Å². The molecule has 2 heterocycles. The lowest BCUT2D eigenvalue weighted by Crippen LogP contribution is -2.31. The first-order valence-corrected chi connectivity index (χ1v) is 13.1. The van der Waals surface area contributed by atoms with E-state index in [9.17, 15) is 9.18 Å². The van der Waals surface area contributed by atoms with Gasteiger partial charge in [-0.15, -0.1) is 5.10 Å². The van der Waals surface area contributed by atoms with Crippen molar-refractivity contribution in [2.45, 2.75) is 37.7 Å². The molecule has 6 nitrogen and oxygen atoms in total. The van der Waals surface area contributed by atoms with Crippen LogP contribution in [0.25, 0.3) is 0 Å². The van der Waals surface area contributed by atoms with Gasteiger partial charge in [0.1, 0.15) is 11.9 Å². The molecule has 0 saturated carbocycles. The molecule has 188 valence electrons. The van der Waals surface area contributed by atoms with Crippen molar-refractivity contribution in [2.75, 3.05) is 10.6 Å². The predicted octanol–water partition coefficient (Wildman–Crippen LogP) is 6.91. The predicted molar refractivity (Wildman–Crippen MR) is 146 cm³/mol. The van der Waals surface area contributed by atoms with Gasteiger partial charge < -0.3 is 10.6 Å². The zero-order chi connectivity index (χ0) is 26.1. The largest absolute Gasteiger partial charge is 0.328 e. The van der Waals surface area contributed by atoms with Gasteiger partial charge in [-0.2, -0.15) is 4.98 Å². The highest BCUT2D eigenvalue weighted by atomic mass is 35.5. The molecule has 1 aromatic heterocycles. The average molecular weight is 534 g/mol. The Bertz CT molecular complexity index is 1500. The number of thioether (sulfide) groups is 1. The number of carbonyl (C=O) groups is 1. The Labute approximate surface area is 224 Å². The zero-order valence-electron chi connectivity index (χ0n) is 20.5. The van der Waals surface area contributed by atoms with Gasteiger partial charge in [0.2, 0.25) is 11.1 Å². The Balaban J connectivity index is 1.50. The van der Waals surface area contributed by atoms with Crippen LogP contribution in [-0.4, -0.2) is 20.7 Å². The number of allylic oxidation sites excluding steroid dienone is 1. The van der Waals surface area contributed by atoms with E-state index in [1.54, 1.807) is 16.8 Å². The highest BCUT2D eigenvalue weighted by Crippen LogP contribution is 2.37. The summed E-state index contributed by atoms with van der Waals surface area (Å²) in [7, 11) is 0. The summed E-state index contributed by atoms with van der Waals surface area (Å²) in [6.45, 7) is 5.83. The lowest BCUT2D eigenvalue weighted by Gasteiger charge is -2.29. The van der Waals surface area contributed by atoms with Gasteiger partial charge in [-0.05, 0) is 50.1 Å². The molecule has 0 unspecified atom stereocenters. The second kappa shape index (κ2) is 10.4. The molecule has 1 aliphatic rings. The second-order valence-corrected chi connectivity index (χ2v) is 10.2. The quantitative estimate of drug-likeness (QED) is 0.263. The number of hydrogen-bond donors (Lipinski definition) is 2. The van der Waals surface area contributed by atoms with Crippen LogP contribution >= 0.6 is 23.4 Å². The number of rotatable bonds is 6. The summed E-state index contributed by atoms with van der Waals surface area (Å²) in [5.74, 6) is 0.195. The Kier molecular flexibility index (Phi) is 7.04. The topological polar surface area (TPSA) is 71.8 Å². The minimum atomic E-state index is -0.500. The normalized spacial score (nSPS) is 14.8. The minimum Gasteiger partial charge on any atom is -0.328 e. The van der Waals surface area contributed by atoms with E-state index in [1.165, 1.54) is 17.8 Å². The molecule has 1 aliphatic heterocycles. The molecule has 1 atom stereocenters. The van der Waals surface area contributed by atoms with Crippen LogP contribution in [0.2, 0.25) is 5.02 Å². The van der Waals surface area contributed by atoms with Crippen LogP contribution in [0.5, 0.6) is 0 Å². The Hall–Kier alpha value is -3.62. The van der Waals surface area contributed by atoms with Gasteiger partial charge in [-0.1, -0.05) is 77.5 Å². The number of nitrogens with zero attached hydrogens (tertiary/aromatic N) is 3. The van der Waals surface area contributed by atoms with E-state index in [2.05, 4.69) is 15.6 Å². The molecule has 9 heteroatoms. The van der Waals surface area contributed by atoms with Crippen molar-refractivity contribution < 1.29 is 9.18 Å². The maximum Gasteiger partial charge on any atom is 0.255 e. The average Bonchev–Trinajstić information content (AvgIpc) is 3.27.